The van der Waals surface area contributed by atoms with E-state index in [9.17, 15) is 8.42 Å². The zero-order chi connectivity index (χ0) is 14.6. The third-order valence-corrected chi connectivity index (χ3v) is 5.83. The largest absolute Gasteiger partial charge is 0.244 e. The van der Waals surface area contributed by atoms with E-state index in [1.54, 1.807) is 11.8 Å². The second-order valence-corrected chi connectivity index (χ2v) is 7.39. The molecule has 1 aromatic rings. The molecular formula is C12H15ClN2O2S2. The monoisotopic (exact) mass is 318 g/mol. The van der Waals surface area contributed by atoms with Crippen molar-refractivity contribution >= 4 is 33.4 Å². The normalized spacial score (nSPS) is 13.3. The summed E-state index contributed by atoms with van der Waals surface area (Å²) < 4.78 is 26.2. The minimum Gasteiger partial charge on any atom is -0.207 e. The lowest BCUT2D eigenvalue weighted by Crippen LogP contribution is -2.36. The topological polar surface area (TPSA) is 61.2 Å². The van der Waals surface area contributed by atoms with E-state index >= 15 is 0 Å². The van der Waals surface area contributed by atoms with E-state index < -0.39 is 10.0 Å². The second kappa shape index (κ2) is 6.62. The van der Waals surface area contributed by atoms with Gasteiger partial charge in [0.1, 0.15) is 11.0 Å². The number of halogens is 1. The van der Waals surface area contributed by atoms with Crippen molar-refractivity contribution in [2.75, 3.05) is 19.1 Å². The summed E-state index contributed by atoms with van der Waals surface area (Å²) in [5, 5.41) is 9.38. The lowest BCUT2D eigenvalue weighted by molar-refractivity contribution is 0.415. The van der Waals surface area contributed by atoms with Gasteiger partial charge in [0.25, 0.3) is 0 Å². The molecule has 0 amide bonds. The molecule has 0 spiro atoms. The van der Waals surface area contributed by atoms with Crippen molar-refractivity contribution in [2.24, 2.45) is 0 Å². The van der Waals surface area contributed by atoms with Crippen molar-refractivity contribution in [3.63, 3.8) is 0 Å². The molecule has 0 unspecified atom stereocenters. The van der Waals surface area contributed by atoms with Crippen LogP contribution < -0.4 is 0 Å². The van der Waals surface area contributed by atoms with E-state index in [1.165, 1.54) is 29.6 Å². The van der Waals surface area contributed by atoms with Crippen LogP contribution in [0.4, 0.5) is 0 Å². The number of nitriles is 1. The molecule has 19 heavy (non-hydrogen) atoms. The van der Waals surface area contributed by atoms with Crippen LogP contribution in [-0.4, -0.2) is 37.8 Å². The van der Waals surface area contributed by atoms with Crippen LogP contribution in [0.1, 0.15) is 12.5 Å². The fraction of sp³-hybridized carbons (Fsp3) is 0.417. The molecule has 1 rings (SSSR count). The van der Waals surface area contributed by atoms with Crippen LogP contribution in [0.5, 0.6) is 0 Å². The number of nitrogens with zero attached hydrogens (tertiary/aromatic N) is 2. The summed E-state index contributed by atoms with van der Waals surface area (Å²) in [7, 11) is -2.16. The van der Waals surface area contributed by atoms with Gasteiger partial charge in [0, 0.05) is 23.9 Å². The molecule has 1 aromatic carbocycles. The molecule has 0 radical (unpaired) electrons. The fourth-order valence-corrected chi connectivity index (χ4v) is 4.01. The van der Waals surface area contributed by atoms with Crippen molar-refractivity contribution in [1.29, 1.82) is 5.26 Å². The molecule has 4 nitrogen and oxygen atoms in total. The summed E-state index contributed by atoms with van der Waals surface area (Å²) in [5.74, 6) is 0.686. The van der Waals surface area contributed by atoms with Gasteiger partial charge >= 0.3 is 0 Å². The maximum Gasteiger partial charge on any atom is 0.244 e. The number of rotatable bonds is 5. The van der Waals surface area contributed by atoms with Crippen LogP contribution >= 0.6 is 23.4 Å². The van der Waals surface area contributed by atoms with Crippen LogP contribution in [0.3, 0.4) is 0 Å². The maximum atomic E-state index is 12.5. The highest BCUT2D eigenvalue weighted by atomic mass is 35.5. The first-order valence-corrected chi connectivity index (χ1v) is 8.72. The van der Waals surface area contributed by atoms with E-state index in [4.69, 9.17) is 16.9 Å². The molecule has 0 aliphatic heterocycles. The molecule has 0 aromatic heterocycles. The van der Waals surface area contributed by atoms with Crippen molar-refractivity contribution in [3.05, 3.63) is 28.8 Å². The van der Waals surface area contributed by atoms with Gasteiger partial charge in [-0.15, -0.1) is 0 Å². The molecule has 0 saturated heterocycles. The summed E-state index contributed by atoms with van der Waals surface area (Å²) in [6.45, 7) is 1.83. The summed E-state index contributed by atoms with van der Waals surface area (Å²) in [6.07, 6.45) is 1.92. The van der Waals surface area contributed by atoms with Crippen LogP contribution in [0.2, 0.25) is 5.02 Å². The second-order valence-electron chi connectivity index (χ2n) is 4.08. The van der Waals surface area contributed by atoms with E-state index in [0.29, 0.717) is 10.8 Å². The van der Waals surface area contributed by atoms with Crippen molar-refractivity contribution in [3.8, 4) is 6.07 Å². The zero-order valence-corrected chi connectivity index (χ0v) is 13.3. The number of hydrogen-bond donors (Lipinski definition) is 0. The highest BCUT2D eigenvalue weighted by Gasteiger charge is 2.27. The predicted octanol–water partition coefficient (Wildman–Crippen LogP) is 2.58. The molecule has 0 N–H and O–H groups in total. The smallest absolute Gasteiger partial charge is 0.207 e. The fourth-order valence-electron chi connectivity index (χ4n) is 1.55. The Kier molecular flexibility index (Phi) is 5.68. The predicted molar refractivity (Wildman–Crippen MR) is 79.0 cm³/mol. The van der Waals surface area contributed by atoms with Crippen LogP contribution in [0.25, 0.3) is 0 Å². The van der Waals surface area contributed by atoms with Gasteiger partial charge in [-0.3, -0.25) is 0 Å². The number of thioether (sulfide) groups is 1. The van der Waals surface area contributed by atoms with Crippen LogP contribution in [-0.2, 0) is 10.0 Å². The third-order valence-electron chi connectivity index (χ3n) is 2.75. The van der Waals surface area contributed by atoms with E-state index in [2.05, 4.69) is 0 Å². The third kappa shape index (κ3) is 3.63. The number of hydrogen-bond acceptors (Lipinski definition) is 4. The van der Waals surface area contributed by atoms with Gasteiger partial charge in [0.05, 0.1) is 5.56 Å². The standard InChI is InChI=1S/C12H15ClN2O2S2/c1-9(8-18-3)15(2)19(16,17)12-5-4-11(13)6-10(12)7-14/h4-6,9H,8H2,1-3H3/t9-/m0/s1. The highest BCUT2D eigenvalue weighted by molar-refractivity contribution is 7.98. The summed E-state index contributed by atoms with van der Waals surface area (Å²) in [4.78, 5) is -0.00477. The number of benzene rings is 1. The highest BCUT2D eigenvalue weighted by Crippen LogP contribution is 2.24. The molecule has 0 bridgehead atoms. The Bertz CT molecular complexity index is 596. The average molecular weight is 319 g/mol. The Balaban J connectivity index is 3.25. The van der Waals surface area contributed by atoms with Gasteiger partial charge in [-0.05, 0) is 31.4 Å². The molecule has 7 heteroatoms. The van der Waals surface area contributed by atoms with Crippen LogP contribution in [0, 0.1) is 11.3 Å². The zero-order valence-electron chi connectivity index (χ0n) is 10.9. The minimum absolute atomic E-state index is 0.00477. The first kappa shape index (κ1) is 16.3. The quantitative estimate of drug-likeness (QED) is 0.837. The SMILES string of the molecule is CSC[C@H](C)N(C)S(=O)(=O)c1ccc(Cl)cc1C#N. The Hall–Kier alpha value is -0.740. The first-order chi connectivity index (χ1) is 8.84. The van der Waals surface area contributed by atoms with Gasteiger partial charge in [0.15, 0.2) is 0 Å². The lowest BCUT2D eigenvalue weighted by Gasteiger charge is -2.24. The van der Waals surface area contributed by atoms with Gasteiger partial charge in [0.2, 0.25) is 10.0 Å². The van der Waals surface area contributed by atoms with E-state index in [0.717, 1.165) is 0 Å². The van der Waals surface area contributed by atoms with Crippen molar-refractivity contribution < 1.29 is 8.42 Å². The molecule has 104 valence electrons. The number of sulfonamides is 1. The Morgan fingerprint density at radius 3 is 2.68 bits per heavy atom. The van der Waals surface area contributed by atoms with Gasteiger partial charge in [-0.2, -0.15) is 21.3 Å². The van der Waals surface area contributed by atoms with Crippen molar-refractivity contribution in [1.82, 2.24) is 4.31 Å². The molecule has 0 fully saturated rings. The Labute approximate surface area is 123 Å². The molecule has 0 heterocycles. The Morgan fingerprint density at radius 2 is 2.16 bits per heavy atom. The maximum absolute atomic E-state index is 12.5. The minimum atomic E-state index is -3.68. The summed E-state index contributed by atoms with van der Waals surface area (Å²) >= 11 is 7.34. The molecule has 0 saturated carbocycles. The van der Waals surface area contributed by atoms with Gasteiger partial charge < -0.3 is 0 Å². The van der Waals surface area contributed by atoms with Gasteiger partial charge in [-0.1, -0.05) is 11.6 Å². The summed E-state index contributed by atoms with van der Waals surface area (Å²) in [5.41, 5.74) is 0.0655. The van der Waals surface area contributed by atoms with Gasteiger partial charge in [-0.25, -0.2) is 8.42 Å². The first-order valence-electron chi connectivity index (χ1n) is 5.51. The van der Waals surface area contributed by atoms with Crippen LogP contribution in [0.15, 0.2) is 23.1 Å². The summed E-state index contributed by atoms with van der Waals surface area (Å²) in [6, 6.07) is 5.93. The molecule has 0 aliphatic carbocycles. The van der Waals surface area contributed by atoms with Crippen molar-refractivity contribution in [2.45, 2.75) is 17.9 Å². The van der Waals surface area contributed by atoms with E-state index in [-0.39, 0.29) is 16.5 Å². The molecular weight excluding hydrogens is 304 g/mol. The average Bonchev–Trinajstić information content (AvgIpc) is 2.37. The Morgan fingerprint density at radius 1 is 1.53 bits per heavy atom. The molecule has 1 atom stereocenters. The molecule has 0 aliphatic rings. The lowest BCUT2D eigenvalue weighted by atomic mass is 10.2. The van der Waals surface area contributed by atoms with E-state index in [1.807, 2.05) is 19.2 Å².